The van der Waals surface area contributed by atoms with Crippen molar-refractivity contribution >= 4 is 0 Å². The zero-order valence-corrected chi connectivity index (χ0v) is 23.3. The SMILES string of the molecule is CCOCC(COC)(C1CCCCC1)C(CC(c1ccccc1)(c1ccccc1)C(C)C)C(C)C. The molecule has 0 radical (unpaired) electrons. The summed E-state index contributed by atoms with van der Waals surface area (Å²) in [4.78, 5) is 0. The molecule has 2 atom stereocenters. The third kappa shape index (κ3) is 6.03. The molecule has 0 saturated heterocycles. The predicted octanol–water partition coefficient (Wildman–Crippen LogP) is 8.54. The highest BCUT2D eigenvalue weighted by molar-refractivity contribution is 5.40. The molecular formula is C33H50O2. The number of hydrogen-bond acceptors (Lipinski definition) is 2. The molecule has 0 aliphatic heterocycles. The maximum Gasteiger partial charge on any atom is 0.0549 e. The van der Waals surface area contributed by atoms with Gasteiger partial charge in [-0.15, -0.1) is 0 Å². The summed E-state index contributed by atoms with van der Waals surface area (Å²) < 4.78 is 12.4. The zero-order valence-electron chi connectivity index (χ0n) is 23.3. The molecule has 35 heavy (non-hydrogen) atoms. The Bertz CT molecular complexity index is 798. The Hall–Kier alpha value is -1.64. The average Bonchev–Trinajstić information content (AvgIpc) is 2.89. The molecule has 1 saturated carbocycles. The van der Waals surface area contributed by atoms with Crippen molar-refractivity contribution < 1.29 is 9.47 Å². The second-order valence-corrected chi connectivity index (χ2v) is 11.6. The molecule has 1 aliphatic rings. The molecule has 2 aromatic carbocycles. The van der Waals surface area contributed by atoms with E-state index >= 15 is 0 Å². The smallest absolute Gasteiger partial charge is 0.0549 e. The molecule has 2 unspecified atom stereocenters. The molecule has 2 heteroatoms. The fourth-order valence-electron chi connectivity index (χ4n) is 7.26. The van der Waals surface area contributed by atoms with Crippen LogP contribution in [0.1, 0.15) is 84.3 Å². The first-order chi connectivity index (χ1) is 16.9. The van der Waals surface area contributed by atoms with Crippen molar-refractivity contribution in [3.8, 4) is 0 Å². The molecule has 0 spiro atoms. The topological polar surface area (TPSA) is 18.5 Å². The van der Waals surface area contributed by atoms with E-state index in [1.807, 2.05) is 7.11 Å². The van der Waals surface area contributed by atoms with Crippen LogP contribution in [0.5, 0.6) is 0 Å². The van der Waals surface area contributed by atoms with Crippen molar-refractivity contribution in [1.29, 1.82) is 0 Å². The molecule has 2 aromatic rings. The van der Waals surface area contributed by atoms with Gasteiger partial charge in [0.05, 0.1) is 13.2 Å². The molecule has 0 N–H and O–H groups in total. The Morgan fingerprint density at radius 3 is 1.77 bits per heavy atom. The summed E-state index contributed by atoms with van der Waals surface area (Å²) in [7, 11) is 1.89. The fourth-order valence-corrected chi connectivity index (χ4v) is 7.26. The van der Waals surface area contributed by atoms with E-state index in [1.54, 1.807) is 0 Å². The van der Waals surface area contributed by atoms with Crippen LogP contribution in [-0.2, 0) is 14.9 Å². The number of hydrogen-bond donors (Lipinski definition) is 0. The largest absolute Gasteiger partial charge is 0.384 e. The summed E-state index contributed by atoms with van der Waals surface area (Å²) in [5, 5.41) is 0. The van der Waals surface area contributed by atoms with Gasteiger partial charge in [0.15, 0.2) is 0 Å². The molecule has 1 fully saturated rings. The molecule has 0 aromatic heterocycles. The Kier molecular flexibility index (Phi) is 10.4. The predicted molar refractivity (Wildman–Crippen MR) is 149 cm³/mol. The van der Waals surface area contributed by atoms with Gasteiger partial charge in [-0.1, -0.05) is 108 Å². The summed E-state index contributed by atoms with van der Waals surface area (Å²) in [6, 6.07) is 22.5. The molecule has 0 bridgehead atoms. The number of rotatable bonds is 13. The van der Waals surface area contributed by atoms with Gasteiger partial charge in [0.25, 0.3) is 0 Å². The Labute approximate surface area is 215 Å². The highest BCUT2D eigenvalue weighted by Gasteiger charge is 2.51. The molecule has 1 aliphatic carbocycles. The molecule has 3 rings (SSSR count). The monoisotopic (exact) mass is 478 g/mol. The minimum atomic E-state index is -0.0721. The van der Waals surface area contributed by atoms with E-state index in [1.165, 1.54) is 43.2 Å². The quantitative estimate of drug-likeness (QED) is 0.287. The van der Waals surface area contributed by atoms with E-state index in [9.17, 15) is 0 Å². The van der Waals surface area contributed by atoms with Crippen LogP contribution in [-0.4, -0.2) is 26.9 Å². The van der Waals surface area contributed by atoms with Crippen LogP contribution in [0.4, 0.5) is 0 Å². The second-order valence-electron chi connectivity index (χ2n) is 11.6. The summed E-state index contributed by atoms with van der Waals surface area (Å²) in [6.45, 7) is 14.2. The fraction of sp³-hybridized carbons (Fsp3) is 0.636. The number of ether oxygens (including phenoxy) is 2. The van der Waals surface area contributed by atoms with Crippen LogP contribution in [0, 0.1) is 29.1 Å². The Morgan fingerprint density at radius 1 is 0.800 bits per heavy atom. The van der Waals surface area contributed by atoms with E-state index < -0.39 is 0 Å². The van der Waals surface area contributed by atoms with Crippen LogP contribution in [0.25, 0.3) is 0 Å². The first-order valence-electron chi connectivity index (χ1n) is 14.1. The average molecular weight is 479 g/mol. The lowest BCUT2D eigenvalue weighted by Crippen LogP contribution is -2.51. The standard InChI is InChI=1S/C33H50O2/c1-7-35-25-32(24-34-6,28-17-11-8-12-18-28)31(26(2)3)23-33(27(4)5,29-19-13-9-14-20-29)30-21-15-10-16-22-30/h9-10,13-16,19-22,26-28,31H,7-8,11-12,17-18,23-25H2,1-6H3. The molecular weight excluding hydrogens is 428 g/mol. The van der Waals surface area contributed by atoms with Crippen molar-refractivity contribution in [2.24, 2.45) is 29.1 Å². The summed E-state index contributed by atoms with van der Waals surface area (Å²) >= 11 is 0. The lowest BCUT2D eigenvalue weighted by molar-refractivity contribution is -0.107. The van der Waals surface area contributed by atoms with Gasteiger partial charge in [0.2, 0.25) is 0 Å². The lowest BCUT2D eigenvalue weighted by Gasteiger charge is -2.53. The molecule has 2 nitrogen and oxygen atoms in total. The maximum absolute atomic E-state index is 6.34. The first-order valence-corrected chi connectivity index (χ1v) is 14.1. The van der Waals surface area contributed by atoms with E-state index in [0.717, 1.165) is 26.2 Å². The van der Waals surface area contributed by atoms with Crippen LogP contribution < -0.4 is 0 Å². The maximum atomic E-state index is 6.34. The van der Waals surface area contributed by atoms with Crippen molar-refractivity contribution in [2.75, 3.05) is 26.9 Å². The van der Waals surface area contributed by atoms with Gasteiger partial charge < -0.3 is 9.47 Å². The van der Waals surface area contributed by atoms with Crippen LogP contribution in [0.3, 0.4) is 0 Å². The van der Waals surface area contributed by atoms with Gasteiger partial charge in [-0.25, -0.2) is 0 Å². The molecule has 194 valence electrons. The van der Waals surface area contributed by atoms with Gasteiger partial charge in [0.1, 0.15) is 0 Å². The summed E-state index contributed by atoms with van der Waals surface area (Å²) in [6.07, 6.45) is 7.73. The van der Waals surface area contributed by atoms with E-state index in [2.05, 4.69) is 95.3 Å². The van der Waals surface area contributed by atoms with Crippen LogP contribution in [0.15, 0.2) is 60.7 Å². The van der Waals surface area contributed by atoms with Gasteiger partial charge in [-0.2, -0.15) is 0 Å². The van der Waals surface area contributed by atoms with Crippen molar-refractivity contribution in [3.63, 3.8) is 0 Å². The zero-order chi connectivity index (χ0) is 25.3. The normalized spacial score (nSPS) is 18.1. The Balaban J connectivity index is 2.20. The van der Waals surface area contributed by atoms with Gasteiger partial charge in [-0.3, -0.25) is 0 Å². The van der Waals surface area contributed by atoms with Crippen LogP contribution in [0.2, 0.25) is 0 Å². The molecule has 0 amide bonds. The third-order valence-electron chi connectivity index (χ3n) is 9.05. The van der Waals surface area contributed by atoms with Gasteiger partial charge in [-0.05, 0) is 61.0 Å². The first kappa shape index (κ1) is 27.9. The van der Waals surface area contributed by atoms with Gasteiger partial charge in [0, 0.05) is 24.5 Å². The lowest BCUT2D eigenvalue weighted by atomic mass is 9.53. The van der Waals surface area contributed by atoms with E-state index in [-0.39, 0.29) is 10.8 Å². The highest BCUT2D eigenvalue weighted by atomic mass is 16.5. The van der Waals surface area contributed by atoms with E-state index in [0.29, 0.717) is 23.7 Å². The van der Waals surface area contributed by atoms with Gasteiger partial charge >= 0.3 is 0 Å². The summed E-state index contributed by atoms with van der Waals surface area (Å²) in [5.74, 6) is 2.09. The van der Waals surface area contributed by atoms with E-state index in [4.69, 9.17) is 9.47 Å². The number of benzene rings is 2. The number of methoxy groups -OCH3 is 1. The Morgan fingerprint density at radius 2 is 1.34 bits per heavy atom. The second kappa shape index (κ2) is 13.1. The van der Waals surface area contributed by atoms with Crippen LogP contribution >= 0.6 is 0 Å². The van der Waals surface area contributed by atoms with Crippen molar-refractivity contribution in [2.45, 2.75) is 78.6 Å². The molecule has 0 heterocycles. The minimum Gasteiger partial charge on any atom is -0.384 e. The summed E-state index contributed by atoms with van der Waals surface area (Å²) in [5.41, 5.74) is 2.80. The minimum absolute atomic E-state index is 0.0169. The highest BCUT2D eigenvalue weighted by Crippen LogP contribution is 2.54. The van der Waals surface area contributed by atoms with Crippen molar-refractivity contribution in [3.05, 3.63) is 71.8 Å². The third-order valence-corrected chi connectivity index (χ3v) is 9.05. The van der Waals surface area contributed by atoms with Crippen molar-refractivity contribution in [1.82, 2.24) is 0 Å².